The van der Waals surface area contributed by atoms with Gasteiger partial charge in [0.05, 0.1) is 0 Å². The van der Waals surface area contributed by atoms with Gasteiger partial charge in [-0.3, -0.25) is 4.79 Å². The molecule has 0 fully saturated rings. The quantitative estimate of drug-likeness (QED) is 0.280. The molecule has 2 N–H and O–H groups in total. The Morgan fingerprint density at radius 1 is 1.82 bits per heavy atom. The van der Waals surface area contributed by atoms with Gasteiger partial charge in [-0.1, -0.05) is 12.7 Å². The molecule has 1 atom stereocenters. The van der Waals surface area contributed by atoms with Crippen LogP contribution in [0.4, 0.5) is 0 Å². The molecule has 4 heteroatoms. The normalized spacial score (nSPS) is 12.2. The molecular weight excluding hydrogens is 162 g/mol. The number of thiol groups is 1. The monoisotopic (exact) mass is 175 g/mol. The molecule has 1 unspecified atom stereocenters. The van der Waals surface area contributed by atoms with E-state index in [1.165, 1.54) is 6.08 Å². The number of nitrogens with two attached hydrogens (primary N) is 1. The van der Waals surface area contributed by atoms with Crippen molar-refractivity contribution in [3.8, 4) is 0 Å². The predicted molar refractivity (Wildman–Crippen MR) is 47.4 cm³/mol. The Balaban J connectivity index is 3.29. The molecule has 0 spiro atoms. The first-order valence-corrected chi connectivity index (χ1v) is 3.88. The topological polar surface area (TPSA) is 52.3 Å². The second kappa shape index (κ2) is 6.24. The van der Waals surface area contributed by atoms with E-state index in [-0.39, 0.29) is 18.0 Å². The van der Waals surface area contributed by atoms with E-state index in [0.29, 0.717) is 12.8 Å². The van der Waals surface area contributed by atoms with E-state index in [0.717, 1.165) is 0 Å². The first-order valence-electron chi connectivity index (χ1n) is 3.37. The van der Waals surface area contributed by atoms with Crippen LogP contribution in [0.2, 0.25) is 0 Å². The molecule has 0 saturated heterocycles. The summed E-state index contributed by atoms with van der Waals surface area (Å²) in [5, 5.41) is -0.244. The Kier molecular flexibility index (Phi) is 5.97. The van der Waals surface area contributed by atoms with Gasteiger partial charge in [-0.2, -0.15) is 12.6 Å². The summed E-state index contributed by atoms with van der Waals surface area (Å²) in [6.07, 6.45) is 2.39. The molecule has 0 aromatic carbocycles. The molecule has 0 aromatic heterocycles. The van der Waals surface area contributed by atoms with E-state index in [4.69, 9.17) is 10.5 Å². The zero-order valence-corrected chi connectivity index (χ0v) is 7.22. The van der Waals surface area contributed by atoms with Crippen LogP contribution in [0.3, 0.4) is 0 Å². The summed E-state index contributed by atoms with van der Waals surface area (Å²) >= 11 is 3.91. The van der Waals surface area contributed by atoms with Crippen molar-refractivity contribution in [2.24, 2.45) is 5.73 Å². The molecular formula is C7H13NO2S. The van der Waals surface area contributed by atoms with Crippen LogP contribution in [-0.2, 0) is 9.53 Å². The molecule has 0 radical (unpaired) electrons. The van der Waals surface area contributed by atoms with Crippen LogP contribution in [0.5, 0.6) is 0 Å². The van der Waals surface area contributed by atoms with E-state index >= 15 is 0 Å². The molecule has 0 aliphatic rings. The van der Waals surface area contributed by atoms with Gasteiger partial charge >= 0.3 is 5.97 Å². The van der Waals surface area contributed by atoms with Gasteiger partial charge in [0.2, 0.25) is 0 Å². The lowest BCUT2D eigenvalue weighted by Gasteiger charge is -2.03. The maximum Gasteiger partial charge on any atom is 0.306 e. The van der Waals surface area contributed by atoms with Crippen LogP contribution in [0.1, 0.15) is 12.8 Å². The first-order chi connectivity index (χ1) is 5.16. The van der Waals surface area contributed by atoms with Gasteiger partial charge in [0.1, 0.15) is 6.61 Å². The third kappa shape index (κ3) is 7.42. The molecule has 0 saturated carbocycles. The predicted octanol–water partition coefficient (Wildman–Crippen LogP) is 0.710. The van der Waals surface area contributed by atoms with Gasteiger partial charge in [-0.15, -0.1) is 0 Å². The zero-order valence-electron chi connectivity index (χ0n) is 6.32. The molecule has 0 aromatic rings. The van der Waals surface area contributed by atoms with Crippen molar-refractivity contribution in [3.63, 3.8) is 0 Å². The molecule has 0 aliphatic heterocycles. The Morgan fingerprint density at radius 2 is 2.45 bits per heavy atom. The fourth-order valence-corrected chi connectivity index (χ4v) is 0.619. The highest BCUT2D eigenvalue weighted by atomic mass is 32.1. The van der Waals surface area contributed by atoms with E-state index in [9.17, 15) is 4.79 Å². The molecule has 64 valence electrons. The minimum atomic E-state index is -0.255. The average molecular weight is 175 g/mol. The average Bonchev–Trinajstić information content (AvgIpc) is 1.97. The van der Waals surface area contributed by atoms with Gasteiger partial charge in [0, 0.05) is 11.8 Å². The number of carbonyl (C=O) groups is 1. The molecule has 3 nitrogen and oxygen atoms in total. The lowest BCUT2D eigenvalue weighted by atomic mass is 10.3. The zero-order chi connectivity index (χ0) is 8.69. The maximum absolute atomic E-state index is 10.7. The number of rotatable bonds is 5. The SMILES string of the molecule is C=CCOC(=O)CCC(N)S. The largest absolute Gasteiger partial charge is 0.461 e. The van der Waals surface area contributed by atoms with E-state index in [2.05, 4.69) is 19.2 Å². The number of ether oxygens (including phenoxy) is 1. The van der Waals surface area contributed by atoms with Crippen molar-refractivity contribution in [2.45, 2.75) is 18.2 Å². The van der Waals surface area contributed by atoms with Gasteiger partial charge in [0.25, 0.3) is 0 Å². The Hall–Kier alpha value is -0.480. The van der Waals surface area contributed by atoms with Crippen molar-refractivity contribution in [3.05, 3.63) is 12.7 Å². The summed E-state index contributed by atoms with van der Waals surface area (Å²) in [6.45, 7) is 3.68. The summed E-state index contributed by atoms with van der Waals surface area (Å²) in [5.41, 5.74) is 5.31. The van der Waals surface area contributed by atoms with Crippen LogP contribution >= 0.6 is 12.6 Å². The summed E-state index contributed by atoms with van der Waals surface area (Å²) in [7, 11) is 0. The summed E-state index contributed by atoms with van der Waals surface area (Å²) in [5.74, 6) is -0.255. The second-order valence-electron chi connectivity index (χ2n) is 2.08. The van der Waals surface area contributed by atoms with Gasteiger partial charge < -0.3 is 10.5 Å². The lowest BCUT2D eigenvalue weighted by molar-refractivity contribution is -0.142. The minimum absolute atomic E-state index is 0.244. The molecule has 0 bridgehead atoms. The highest BCUT2D eigenvalue weighted by molar-refractivity contribution is 7.80. The Labute approximate surface area is 72.0 Å². The minimum Gasteiger partial charge on any atom is -0.461 e. The Morgan fingerprint density at radius 3 is 2.91 bits per heavy atom. The van der Waals surface area contributed by atoms with Crippen molar-refractivity contribution in [2.75, 3.05) is 6.61 Å². The van der Waals surface area contributed by atoms with Crippen LogP contribution in [-0.4, -0.2) is 18.0 Å². The van der Waals surface area contributed by atoms with Crippen molar-refractivity contribution in [1.29, 1.82) is 0 Å². The fourth-order valence-electron chi connectivity index (χ4n) is 0.490. The number of hydrogen-bond acceptors (Lipinski definition) is 4. The number of hydrogen-bond donors (Lipinski definition) is 2. The summed E-state index contributed by atoms with van der Waals surface area (Å²) in [6, 6.07) is 0. The van der Waals surface area contributed by atoms with E-state index < -0.39 is 0 Å². The molecule has 0 aliphatic carbocycles. The standard InChI is InChI=1S/C7H13NO2S/c1-2-5-10-7(9)4-3-6(8)11/h2,6,11H,1,3-5,8H2. The fraction of sp³-hybridized carbons (Fsp3) is 0.571. The van der Waals surface area contributed by atoms with Gasteiger partial charge in [0.15, 0.2) is 0 Å². The van der Waals surface area contributed by atoms with Gasteiger partial charge in [-0.25, -0.2) is 0 Å². The number of esters is 1. The van der Waals surface area contributed by atoms with Crippen LogP contribution in [0, 0.1) is 0 Å². The second-order valence-corrected chi connectivity index (χ2v) is 2.74. The van der Waals surface area contributed by atoms with Crippen molar-refractivity contribution >= 4 is 18.6 Å². The highest BCUT2D eigenvalue weighted by Crippen LogP contribution is 1.99. The first kappa shape index (κ1) is 10.5. The molecule has 11 heavy (non-hydrogen) atoms. The van der Waals surface area contributed by atoms with Gasteiger partial charge in [-0.05, 0) is 6.42 Å². The number of carbonyl (C=O) groups excluding carboxylic acids is 1. The third-order valence-corrected chi connectivity index (χ3v) is 1.26. The summed E-state index contributed by atoms with van der Waals surface area (Å²) < 4.78 is 4.70. The van der Waals surface area contributed by atoms with Crippen LogP contribution < -0.4 is 5.73 Å². The van der Waals surface area contributed by atoms with Crippen molar-refractivity contribution < 1.29 is 9.53 Å². The van der Waals surface area contributed by atoms with Crippen LogP contribution in [0.15, 0.2) is 12.7 Å². The maximum atomic E-state index is 10.7. The molecule has 0 rings (SSSR count). The third-order valence-electron chi connectivity index (χ3n) is 1.01. The van der Waals surface area contributed by atoms with E-state index in [1.807, 2.05) is 0 Å². The molecule has 0 amide bonds. The van der Waals surface area contributed by atoms with Crippen molar-refractivity contribution in [1.82, 2.24) is 0 Å². The Bertz CT molecular complexity index is 136. The molecule has 0 heterocycles. The smallest absolute Gasteiger partial charge is 0.306 e. The van der Waals surface area contributed by atoms with E-state index in [1.54, 1.807) is 0 Å². The highest BCUT2D eigenvalue weighted by Gasteiger charge is 2.03. The lowest BCUT2D eigenvalue weighted by Crippen LogP contribution is -2.14. The summed E-state index contributed by atoms with van der Waals surface area (Å²) in [4.78, 5) is 10.7. The van der Waals surface area contributed by atoms with Crippen LogP contribution in [0.25, 0.3) is 0 Å².